The molecule has 1 aliphatic heterocycles. The van der Waals surface area contributed by atoms with Crippen molar-refractivity contribution in [3.63, 3.8) is 0 Å². The number of anilines is 1. The van der Waals surface area contributed by atoms with Gasteiger partial charge in [0.2, 0.25) is 0 Å². The van der Waals surface area contributed by atoms with Gasteiger partial charge in [-0.15, -0.1) is 11.3 Å². The third-order valence-electron chi connectivity index (χ3n) is 5.77. The monoisotopic (exact) mass is 419 g/mol. The Kier molecular flexibility index (Phi) is 6.30. The van der Waals surface area contributed by atoms with Crippen molar-refractivity contribution in [2.45, 2.75) is 33.2 Å². The third-order valence-corrected chi connectivity index (χ3v) is 6.71. The zero-order valence-corrected chi connectivity index (χ0v) is 18.8. The number of aromatic nitrogens is 1. The van der Waals surface area contributed by atoms with E-state index in [1.165, 1.54) is 16.8 Å². The summed E-state index contributed by atoms with van der Waals surface area (Å²) in [5.41, 5.74) is 5.69. The van der Waals surface area contributed by atoms with Crippen LogP contribution < -0.4 is 4.90 Å². The summed E-state index contributed by atoms with van der Waals surface area (Å²) in [7, 11) is 0. The van der Waals surface area contributed by atoms with Gasteiger partial charge < -0.3 is 4.90 Å². The van der Waals surface area contributed by atoms with Gasteiger partial charge in [0.25, 0.3) is 0 Å². The van der Waals surface area contributed by atoms with E-state index in [-0.39, 0.29) is 5.78 Å². The first-order valence-corrected chi connectivity index (χ1v) is 11.5. The number of Topliss-reactive ketones (excluding diaryl/α,β-unsaturated/α-hetero) is 1. The highest BCUT2D eigenvalue weighted by atomic mass is 32.1. The van der Waals surface area contributed by atoms with Crippen LogP contribution in [0.1, 0.15) is 48.3 Å². The minimum Gasteiger partial charge on any atom is -0.369 e. The van der Waals surface area contributed by atoms with E-state index < -0.39 is 0 Å². The molecule has 0 N–H and O–H groups in total. The maximum absolute atomic E-state index is 11.5. The van der Waals surface area contributed by atoms with Crippen LogP contribution in [0.3, 0.4) is 0 Å². The Labute approximate surface area is 183 Å². The van der Waals surface area contributed by atoms with Crippen molar-refractivity contribution < 1.29 is 4.79 Å². The molecule has 156 valence electrons. The lowest BCUT2D eigenvalue weighted by molar-refractivity contribution is 0.101. The summed E-state index contributed by atoms with van der Waals surface area (Å²) in [6.07, 6.45) is 0. The molecule has 1 saturated heterocycles. The summed E-state index contributed by atoms with van der Waals surface area (Å²) < 4.78 is 0. The first-order valence-electron chi connectivity index (χ1n) is 10.6. The van der Waals surface area contributed by atoms with Gasteiger partial charge in [-0.3, -0.25) is 9.69 Å². The van der Waals surface area contributed by atoms with Crippen molar-refractivity contribution in [2.75, 3.05) is 31.1 Å². The largest absolute Gasteiger partial charge is 0.369 e. The van der Waals surface area contributed by atoms with Crippen LogP contribution in [0.15, 0.2) is 53.9 Å². The third kappa shape index (κ3) is 4.79. The van der Waals surface area contributed by atoms with Gasteiger partial charge in [0.1, 0.15) is 5.01 Å². The molecule has 1 aliphatic rings. The van der Waals surface area contributed by atoms with Crippen LogP contribution in [0, 0.1) is 0 Å². The average molecular weight is 420 g/mol. The van der Waals surface area contributed by atoms with Crippen molar-refractivity contribution in [3.8, 4) is 10.6 Å². The first-order chi connectivity index (χ1) is 14.5. The van der Waals surface area contributed by atoms with Crippen molar-refractivity contribution >= 4 is 22.8 Å². The number of hydrogen-bond donors (Lipinski definition) is 0. The van der Waals surface area contributed by atoms with E-state index >= 15 is 0 Å². The molecule has 0 bridgehead atoms. The molecule has 0 radical (unpaired) electrons. The number of piperazine rings is 1. The number of carbonyl (C=O) groups excluding carboxylic acids is 1. The van der Waals surface area contributed by atoms with E-state index in [2.05, 4.69) is 65.4 Å². The van der Waals surface area contributed by atoms with Crippen LogP contribution >= 0.6 is 11.3 Å². The van der Waals surface area contributed by atoms with E-state index in [1.807, 2.05) is 12.1 Å². The number of rotatable bonds is 6. The minimum atomic E-state index is 0.116. The molecule has 4 rings (SSSR count). The van der Waals surface area contributed by atoms with Gasteiger partial charge in [-0.25, -0.2) is 4.98 Å². The van der Waals surface area contributed by atoms with Crippen molar-refractivity contribution in [3.05, 3.63) is 70.7 Å². The average Bonchev–Trinajstić information content (AvgIpc) is 3.23. The van der Waals surface area contributed by atoms with E-state index in [9.17, 15) is 4.79 Å². The van der Waals surface area contributed by atoms with Gasteiger partial charge in [-0.05, 0) is 42.7 Å². The number of thiazole rings is 1. The quantitative estimate of drug-likeness (QED) is 0.497. The van der Waals surface area contributed by atoms with Crippen molar-refractivity contribution in [1.29, 1.82) is 0 Å². The highest BCUT2D eigenvalue weighted by Crippen LogP contribution is 2.26. The van der Waals surface area contributed by atoms with Gasteiger partial charge >= 0.3 is 0 Å². The molecule has 1 aromatic heterocycles. The number of hydrogen-bond acceptors (Lipinski definition) is 5. The first kappa shape index (κ1) is 20.8. The predicted octanol–water partition coefficient (Wildman–Crippen LogP) is 5.46. The van der Waals surface area contributed by atoms with Gasteiger partial charge in [0.05, 0.1) is 5.69 Å². The van der Waals surface area contributed by atoms with Crippen molar-refractivity contribution in [1.82, 2.24) is 9.88 Å². The summed E-state index contributed by atoms with van der Waals surface area (Å²) in [5.74, 6) is 0.668. The number of ketones is 1. The van der Waals surface area contributed by atoms with E-state index in [0.29, 0.717) is 5.92 Å². The lowest BCUT2D eigenvalue weighted by Crippen LogP contribution is -2.46. The fraction of sp³-hybridized carbons (Fsp3) is 0.360. The maximum Gasteiger partial charge on any atom is 0.159 e. The number of benzene rings is 2. The zero-order valence-electron chi connectivity index (χ0n) is 18.0. The molecule has 0 amide bonds. The molecule has 4 nitrogen and oxygen atoms in total. The van der Waals surface area contributed by atoms with Crippen LogP contribution in [-0.2, 0) is 6.54 Å². The molecule has 2 heterocycles. The number of nitrogens with zero attached hydrogens (tertiary/aromatic N) is 3. The Morgan fingerprint density at radius 3 is 2.27 bits per heavy atom. The van der Waals surface area contributed by atoms with Gasteiger partial charge in [0.15, 0.2) is 5.78 Å². The highest BCUT2D eigenvalue weighted by Gasteiger charge is 2.18. The molecule has 0 atom stereocenters. The van der Waals surface area contributed by atoms with Crippen LogP contribution in [0.2, 0.25) is 0 Å². The Balaban J connectivity index is 1.32. The second-order valence-electron chi connectivity index (χ2n) is 8.29. The lowest BCUT2D eigenvalue weighted by Gasteiger charge is -2.35. The summed E-state index contributed by atoms with van der Waals surface area (Å²) in [5, 5.41) is 3.29. The smallest absolute Gasteiger partial charge is 0.159 e. The highest BCUT2D eigenvalue weighted by molar-refractivity contribution is 7.13. The van der Waals surface area contributed by atoms with Crippen LogP contribution in [0.5, 0.6) is 0 Å². The second-order valence-corrected chi connectivity index (χ2v) is 9.15. The molecule has 30 heavy (non-hydrogen) atoms. The molecule has 0 spiro atoms. The summed E-state index contributed by atoms with van der Waals surface area (Å²) in [6, 6.07) is 16.8. The predicted molar refractivity (Wildman–Crippen MR) is 126 cm³/mol. The zero-order chi connectivity index (χ0) is 21.1. The van der Waals surface area contributed by atoms with E-state index in [4.69, 9.17) is 4.98 Å². The molecular weight excluding hydrogens is 390 g/mol. The molecule has 5 heteroatoms. The topological polar surface area (TPSA) is 36.4 Å². The Bertz CT molecular complexity index is 984. The minimum absolute atomic E-state index is 0.116. The van der Waals surface area contributed by atoms with E-state index in [1.54, 1.807) is 18.3 Å². The summed E-state index contributed by atoms with van der Waals surface area (Å²) in [4.78, 5) is 21.2. The SMILES string of the molecule is CC(=O)c1ccc(N2CCN(Cc3csc(-c4ccc(C(C)C)cc4)n3)CC2)cc1. The Morgan fingerprint density at radius 2 is 1.67 bits per heavy atom. The fourth-order valence-electron chi connectivity index (χ4n) is 3.82. The van der Waals surface area contributed by atoms with Gasteiger partial charge in [0, 0.05) is 54.9 Å². The molecule has 0 saturated carbocycles. The lowest BCUT2D eigenvalue weighted by atomic mass is 10.0. The van der Waals surface area contributed by atoms with Crippen molar-refractivity contribution in [2.24, 2.45) is 0 Å². The fourth-order valence-corrected chi connectivity index (χ4v) is 4.64. The summed E-state index contributed by atoms with van der Waals surface area (Å²) >= 11 is 1.73. The number of carbonyl (C=O) groups is 1. The molecule has 1 fully saturated rings. The normalized spacial score (nSPS) is 15.0. The Hall–Kier alpha value is -2.50. The molecule has 0 unspecified atom stereocenters. The Morgan fingerprint density at radius 1 is 1.00 bits per heavy atom. The van der Waals surface area contributed by atoms with E-state index in [0.717, 1.165) is 49.0 Å². The molecular formula is C25H29N3OS. The van der Waals surface area contributed by atoms with Crippen LogP contribution in [-0.4, -0.2) is 41.8 Å². The molecule has 0 aliphatic carbocycles. The molecule has 2 aromatic carbocycles. The standard InChI is InChI=1S/C25H29N3OS/c1-18(2)20-4-6-22(7-5-20)25-26-23(17-30-25)16-27-12-14-28(15-13-27)24-10-8-21(9-11-24)19(3)29/h4-11,17-18H,12-16H2,1-3H3. The summed E-state index contributed by atoms with van der Waals surface area (Å²) in [6.45, 7) is 11.0. The second kappa shape index (κ2) is 9.11. The van der Waals surface area contributed by atoms with Gasteiger partial charge in [-0.1, -0.05) is 38.1 Å². The van der Waals surface area contributed by atoms with Gasteiger partial charge in [-0.2, -0.15) is 0 Å². The van der Waals surface area contributed by atoms with Crippen LogP contribution in [0.4, 0.5) is 5.69 Å². The van der Waals surface area contributed by atoms with Crippen LogP contribution in [0.25, 0.3) is 10.6 Å². The molecule has 3 aromatic rings. The maximum atomic E-state index is 11.5.